The van der Waals surface area contributed by atoms with Gasteiger partial charge in [-0.1, -0.05) is 11.6 Å². The second-order valence-electron chi connectivity index (χ2n) is 3.23. The van der Waals surface area contributed by atoms with Crippen LogP contribution >= 0.6 is 11.6 Å². The third-order valence-corrected chi connectivity index (χ3v) is 2.40. The number of nitro benzene ring substituents is 1. The van der Waals surface area contributed by atoms with Gasteiger partial charge < -0.3 is 10.5 Å². The lowest BCUT2D eigenvalue weighted by Crippen LogP contribution is -1.96. The summed E-state index contributed by atoms with van der Waals surface area (Å²) in [6.07, 6.45) is 1.21. The van der Waals surface area contributed by atoms with Gasteiger partial charge in [-0.15, -0.1) is 0 Å². The molecule has 0 aliphatic heterocycles. The summed E-state index contributed by atoms with van der Waals surface area (Å²) in [7, 11) is 0. The number of non-ortho nitro benzene ring substituents is 1. The van der Waals surface area contributed by atoms with E-state index < -0.39 is 4.92 Å². The molecule has 1 heterocycles. The predicted molar refractivity (Wildman–Crippen MR) is 64.6 cm³/mol. The number of ether oxygens (including phenoxy) is 1. The van der Waals surface area contributed by atoms with Crippen LogP contribution < -0.4 is 10.5 Å². The predicted octanol–water partition coefficient (Wildman–Crippen LogP) is 2.41. The number of hydrogen-bond donors (Lipinski definition) is 1. The number of aromatic nitrogens is 2. The molecule has 18 heavy (non-hydrogen) atoms. The van der Waals surface area contributed by atoms with E-state index in [0.717, 1.165) is 0 Å². The van der Waals surface area contributed by atoms with E-state index >= 15 is 0 Å². The molecule has 92 valence electrons. The molecule has 1 aromatic heterocycles. The number of rotatable bonds is 3. The van der Waals surface area contributed by atoms with Crippen molar-refractivity contribution in [3.63, 3.8) is 0 Å². The summed E-state index contributed by atoms with van der Waals surface area (Å²) in [5.74, 6) is 0.558. The van der Waals surface area contributed by atoms with Gasteiger partial charge in [-0.3, -0.25) is 10.1 Å². The highest BCUT2D eigenvalue weighted by molar-refractivity contribution is 6.34. The third-order valence-electron chi connectivity index (χ3n) is 2.05. The topological polar surface area (TPSA) is 104 Å². The zero-order valence-electron chi connectivity index (χ0n) is 8.91. The Bertz CT molecular complexity index is 588. The van der Waals surface area contributed by atoms with E-state index in [2.05, 4.69) is 9.97 Å². The fourth-order valence-corrected chi connectivity index (χ4v) is 1.32. The molecule has 0 fully saturated rings. The van der Waals surface area contributed by atoms with E-state index in [1.54, 1.807) is 0 Å². The Labute approximate surface area is 106 Å². The van der Waals surface area contributed by atoms with Crippen molar-refractivity contribution in [1.29, 1.82) is 0 Å². The standard InChI is InChI=1S/C10H7ClN4O3/c11-8-9(12)13-5-14-10(8)18-7-3-1-6(2-4-7)15(16)17/h1-5H,(H2,12,13,14). The average Bonchev–Trinajstić information content (AvgIpc) is 2.36. The number of nitrogen functional groups attached to an aromatic ring is 1. The SMILES string of the molecule is Nc1ncnc(Oc2ccc([N+](=O)[O-])cc2)c1Cl. The molecule has 7 nitrogen and oxygen atoms in total. The van der Waals surface area contributed by atoms with Crippen molar-refractivity contribution in [3.05, 3.63) is 45.7 Å². The maximum atomic E-state index is 10.5. The Morgan fingerprint density at radius 1 is 1.28 bits per heavy atom. The van der Waals surface area contributed by atoms with Crippen LogP contribution in [-0.4, -0.2) is 14.9 Å². The lowest BCUT2D eigenvalue weighted by molar-refractivity contribution is -0.384. The van der Waals surface area contributed by atoms with Gasteiger partial charge in [0.1, 0.15) is 22.9 Å². The van der Waals surface area contributed by atoms with Gasteiger partial charge in [0.15, 0.2) is 0 Å². The van der Waals surface area contributed by atoms with Crippen LogP contribution in [0.4, 0.5) is 11.5 Å². The minimum absolute atomic E-state index is 0.0318. The van der Waals surface area contributed by atoms with E-state index in [0.29, 0.717) is 5.75 Å². The quantitative estimate of drug-likeness (QED) is 0.676. The number of nitrogens with zero attached hydrogens (tertiary/aromatic N) is 3. The maximum Gasteiger partial charge on any atom is 0.269 e. The molecule has 8 heteroatoms. The van der Waals surface area contributed by atoms with Crippen LogP contribution in [0.3, 0.4) is 0 Å². The largest absolute Gasteiger partial charge is 0.437 e. The molecule has 2 N–H and O–H groups in total. The molecular weight excluding hydrogens is 260 g/mol. The maximum absolute atomic E-state index is 10.5. The normalized spacial score (nSPS) is 10.1. The van der Waals surface area contributed by atoms with Crippen LogP contribution in [0.2, 0.25) is 5.02 Å². The second kappa shape index (κ2) is 4.84. The van der Waals surface area contributed by atoms with Gasteiger partial charge in [-0.25, -0.2) is 4.98 Å². The van der Waals surface area contributed by atoms with E-state index in [4.69, 9.17) is 22.1 Å². The molecular formula is C10H7ClN4O3. The average molecular weight is 267 g/mol. The summed E-state index contributed by atoms with van der Waals surface area (Å²) in [5.41, 5.74) is 5.45. The summed E-state index contributed by atoms with van der Waals surface area (Å²) in [5, 5.41) is 10.6. The molecule has 2 aromatic rings. The van der Waals surface area contributed by atoms with Gasteiger partial charge in [0, 0.05) is 12.1 Å². The third kappa shape index (κ3) is 2.46. The van der Waals surface area contributed by atoms with Crippen LogP contribution in [-0.2, 0) is 0 Å². The first-order valence-corrected chi connectivity index (χ1v) is 5.14. The number of benzene rings is 1. The summed E-state index contributed by atoms with van der Waals surface area (Å²) < 4.78 is 5.34. The first-order valence-electron chi connectivity index (χ1n) is 4.76. The first kappa shape index (κ1) is 12.1. The van der Waals surface area contributed by atoms with Gasteiger partial charge >= 0.3 is 0 Å². The molecule has 0 spiro atoms. The zero-order chi connectivity index (χ0) is 13.1. The van der Waals surface area contributed by atoms with Gasteiger partial charge in [0.05, 0.1) is 4.92 Å². The lowest BCUT2D eigenvalue weighted by Gasteiger charge is -2.06. The number of anilines is 1. The highest BCUT2D eigenvalue weighted by Crippen LogP contribution is 2.30. The second-order valence-corrected chi connectivity index (χ2v) is 3.61. The summed E-state index contributed by atoms with van der Waals surface area (Å²) in [6, 6.07) is 5.50. The summed E-state index contributed by atoms with van der Waals surface area (Å²) in [4.78, 5) is 17.5. The molecule has 0 radical (unpaired) electrons. The van der Waals surface area contributed by atoms with Crippen molar-refractivity contribution in [2.75, 3.05) is 5.73 Å². The molecule has 2 rings (SSSR count). The number of halogens is 1. The Kier molecular flexibility index (Phi) is 3.24. The van der Waals surface area contributed by atoms with E-state index in [-0.39, 0.29) is 22.4 Å². The Balaban J connectivity index is 2.24. The highest BCUT2D eigenvalue weighted by atomic mass is 35.5. The number of nitro groups is 1. The van der Waals surface area contributed by atoms with Gasteiger partial charge in [0.2, 0.25) is 5.88 Å². The van der Waals surface area contributed by atoms with Crippen LogP contribution in [0.25, 0.3) is 0 Å². The molecule has 0 amide bonds. The monoisotopic (exact) mass is 266 g/mol. The lowest BCUT2D eigenvalue weighted by atomic mass is 10.3. The zero-order valence-corrected chi connectivity index (χ0v) is 9.66. The van der Waals surface area contributed by atoms with Gasteiger partial charge in [-0.2, -0.15) is 4.98 Å². The Hall–Kier alpha value is -2.41. The first-order chi connectivity index (χ1) is 8.58. The summed E-state index contributed by atoms with van der Waals surface area (Å²) >= 11 is 5.84. The van der Waals surface area contributed by atoms with Gasteiger partial charge in [-0.05, 0) is 12.1 Å². The van der Waals surface area contributed by atoms with Crippen LogP contribution in [0, 0.1) is 10.1 Å². The van der Waals surface area contributed by atoms with E-state index in [1.807, 2.05) is 0 Å². The molecule has 0 atom stereocenters. The van der Waals surface area contributed by atoms with Crippen LogP contribution in [0.1, 0.15) is 0 Å². The number of hydrogen-bond acceptors (Lipinski definition) is 6. The molecule has 0 aliphatic rings. The minimum atomic E-state index is -0.501. The fraction of sp³-hybridized carbons (Fsp3) is 0. The van der Waals surface area contributed by atoms with Crippen molar-refractivity contribution in [2.45, 2.75) is 0 Å². The van der Waals surface area contributed by atoms with E-state index in [9.17, 15) is 10.1 Å². The van der Waals surface area contributed by atoms with Crippen molar-refractivity contribution in [1.82, 2.24) is 9.97 Å². The molecule has 1 aromatic carbocycles. The fourth-order valence-electron chi connectivity index (χ4n) is 1.19. The van der Waals surface area contributed by atoms with E-state index in [1.165, 1.54) is 30.6 Å². The Morgan fingerprint density at radius 3 is 2.56 bits per heavy atom. The van der Waals surface area contributed by atoms with Crippen LogP contribution in [0.5, 0.6) is 11.6 Å². The van der Waals surface area contributed by atoms with Crippen LogP contribution in [0.15, 0.2) is 30.6 Å². The molecule has 0 unspecified atom stereocenters. The van der Waals surface area contributed by atoms with Gasteiger partial charge in [0.25, 0.3) is 5.69 Å². The highest BCUT2D eigenvalue weighted by Gasteiger charge is 2.10. The van der Waals surface area contributed by atoms with Crippen molar-refractivity contribution in [3.8, 4) is 11.6 Å². The molecule has 0 aliphatic carbocycles. The minimum Gasteiger partial charge on any atom is -0.437 e. The molecule has 0 saturated heterocycles. The number of nitrogens with two attached hydrogens (primary N) is 1. The van der Waals surface area contributed by atoms with Crippen molar-refractivity contribution < 1.29 is 9.66 Å². The smallest absolute Gasteiger partial charge is 0.269 e. The molecule has 0 bridgehead atoms. The van der Waals surface area contributed by atoms with Crippen molar-refractivity contribution in [2.24, 2.45) is 0 Å². The Morgan fingerprint density at radius 2 is 1.94 bits per heavy atom. The summed E-state index contributed by atoms with van der Waals surface area (Å²) in [6.45, 7) is 0. The molecule has 0 saturated carbocycles. The van der Waals surface area contributed by atoms with Crippen molar-refractivity contribution >= 4 is 23.1 Å².